The molecule has 0 saturated carbocycles. The van der Waals surface area contributed by atoms with E-state index in [1.54, 1.807) is 20.4 Å². The van der Waals surface area contributed by atoms with Gasteiger partial charge in [-0.15, -0.1) is 11.3 Å². The van der Waals surface area contributed by atoms with E-state index in [-0.39, 0.29) is 0 Å². The highest BCUT2D eigenvalue weighted by atomic mass is 32.1. The summed E-state index contributed by atoms with van der Waals surface area (Å²) in [5.41, 5.74) is 1.08. The van der Waals surface area contributed by atoms with Gasteiger partial charge < -0.3 is 15.4 Å². The van der Waals surface area contributed by atoms with Gasteiger partial charge in [-0.3, -0.25) is 4.99 Å². The van der Waals surface area contributed by atoms with Crippen LogP contribution in [0.2, 0.25) is 0 Å². The first-order chi connectivity index (χ1) is 9.33. The molecule has 100 valence electrons. The Balaban J connectivity index is 1.96. The number of aliphatic imine (C=N–C) groups is 1. The molecule has 2 aromatic rings. The van der Waals surface area contributed by atoms with Gasteiger partial charge in [-0.2, -0.15) is 0 Å². The minimum Gasteiger partial charge on any atom is -0.496 e. The van der Waals surface area contributed by atoms with Gasteiger partial charge in [0.15, 0.2) is 11.1 Å². The smallest absolute Gasteiger partial charge is 0.197 e. The fourth-order valence-corrected chi connectivity index (χ4v) is 2.12. The molecule has 2 N–H and O–H groups in total. The summed E-state index contributed by atoms with van der Waals surface area (Å²) in [6.45, 7) is 0.634. The number of benzene rings is 1. The van der Waals surface area contributed by atoms with Crippen LogP contribution in [0.3, 0.4) is 0 Å². The maximum atomic E-state index is 5.31. The second kappa shape index (κ2) is 6.75. The lowest BCUT2D eigenvalue weighted by atomic mass is 10.2. The third-order valence-corrected chi connectivity index (χ3v) is 3.21. The molecule has 2 rings (SSSR count). The number of para-hydroxylation sites is 1. The third kappa shape index (κ3) is 3.69. The van der Waals surface area contributed by atoms with Gasteiger partial charge in [0.2, 0.25) is 0 Å². The van der Waals surface area contributed by atoms with Gasteiger partial charge in [0.1, 0.15) is 5.75 Å². The van der Waals surface area contributed by atoms with Gasteiger partial charge in [-0.05, 0) is 6.07 Å². The predicted molar refractivity (Wildman–Crippen MR) is 78.9 cm³/mol. The lowest BCUT2D eigenvalue weighted by Gasteiger charge is -2.12. The first-order valence-electron chi connectivity index (χ1n) is 5.82. The summed E-state index contributed by atoms with van der Waals surface area (Å²) in [6.07, 6.45) is 1.75. The maximum Gasteiger partial charge on any atom is 0.197 e. The van der Waals surface area contributed by atoms with Crippen molar-refractivity contribution in [3.8, 4) is 5.75 Å². The number of anilines is 1. The second-order valence-corrected chi connectivity index (χ2v) is 4.59. The average Bonchev–Trinajstić information content (AvgIpc) is 2.96. The van der Waals surface area contributed by atoms with E-state index in [1.807, 2.05) is 29.6 Å². The highest BCUT2D eigenvalue weighted by Crippen LogP contribution is 2.16. The molecule has 0 fully saturated rings. The Hall–Kier alpha value is -2.08. The Morgan fingerprint density at radius 3 is 2.95 bits per heavy atom. The van der Waals surface area contributed by atoms with Crippen LogP contribution < -0.4 is 15.4 Å². The number of nitrogens with one attached hydrogen (secondary N) is 2. The highest BCUT2D eigenvalue weighted by Gasteiger charge is 2.04. The van der Waals surface area contributed by atoms with Crippen molar-refractivity contribution in [1.82, 2.24) is 10.3 Å². The molecule has 0 aliphatic rings. The molecule has 0 aliphatic carbocycles. The van der Waals surface area contributed by atoms with Crippen molar-refractivity contribution in [3.05, 3.63) is 41.4 Å². The van der Waals surface area contributed by atoms with E-state index in [9.17, 15) is 0 Å². The van der Waals surface area contributed by atoms with Crippen LogP contribution in [0.1, 0.15) is 5.56 Å². The lowest BCUT2D eigenvalue weighted by molar-refractivity contribution is 0.409. The number of nitrogens with zero attached hydrogens (tertiary/aromatic N) is 2. The number of ether oxygens (including phenoxy) is 1. The topological polar surface area (TPSA) is 58.5 Å². The maximum absolute atomic E-state index is 5.31. The van der Waals surface area contributed by atoms with Gasteiger partial charge in [0.05, 0.1) is 7.11 Å². The molecule has 0 saturated heterocycles. The van der Waals surface area contributed by atoms with E-state index in [1.165, 1.54) is 11.3 Å². The quantitative estimate of drug-likeness (QED) is 0.665. The van der Waals surface area contributed by atoms with Gasteiger partial charge in [-0.1, -0.05) is 18.2 Å². The van der Waals surface area contributed by atoms with Crippen molar-refractivity contribution in [3.63, 3.8) is 0 Å². The molecule has 0 atom stereocenters. The van der Waals surface area contributed by atoms with Crippen LogP contribution in [0, 0.1) is 0 Å². The molecule has 0 spiro atoms. The number of hydrogen-bond donors (Lipinski definition) is 2. The summed E-state index contributed by atoms with van der Waals surface area (Å²) in [7, 11) is 3.40. The number of thiazole rings is 1. The molecule has 19 heavy (non-hydrogen) atoms. The molecule has 0 amide bonds. The van der Waals surface area contributed by atoms with Crippen LogP contribution in [0.5, 0.6) is 5.75 Å². The molecule has 6 heteroatoms. The molecular weight excluding hydrogens is 260 g/mol. The highest BCUT2D eigenvalue weighted by molar-refractivity contribution is 7.13. The molecule has 0 aliphatic heterocycles. The van der Waals surface area contributed by atoms with Gasteiger partial charge in [0, 0.05) is 30.7 Å². The van der Waals surface area contributed by atoms with Gasteiger partial charge >= 0.3 is 0 Å². The zero-order valence-electron chi connectivity index (χ0n) is 10.9. The summed E-state index contributed by atoms with van der Waals surface area (Å²) in [4.78, 5) is 8.31. The largest absolute Gasteiger partial charge is 0.496 e. The molecule has 1 aromatic heterocycles. The zero-order valence-corrected chi connectivity index (χ0v) is 11.7. The fraction of sp³-hybridized carbons (Fsp3) is 0.231. The van der Waals surface area contributed by atoms with Crippen molar-refractivity contribution in [1.29, 1.82) is 0 Å². The van der Waals surface area contributed by atoms with Gasteiger partial charge in [-0.25, -0.2) is 4.98 Å². The Bertz CT molecular complexity index is 539. The summed E-state index contributed by atoms with van der Waals surface area (Å²) in [5.74, 6) is 1.54. The second-order valence-electron chi connectivity index (χ2n) is 3.70. The van der Waals surface area contributed by atoms with Crippen LogP contribution in [-0.2, 0) is 6.54 Å². The standard InChI is InChI=1S/C13H16N4OS/c1-14-12(17-13-15-7-8-19-13)16-9-10-5-3-4-6-11(10)18-2/h3-8H,9H2,1-2H3,(H2,14,15,16,17). The summed E-state index contributed by atoms with van der Waals surface area (Å²) in [5, 5.41) is 9.07. The molecule has 5 nitrogen and oxygen atoms in total. The molecular formula is C13H16N4OS. The zero-order chi connectivity index (χ0) is 13.5. The molecule has 0 bridgehead atoms. The number of aromatic nitrogens is 1. The predicted octanol–water partition coefficient (Wildman–Crippen LogP) is 2.34. The normalized spacial score (nSPS) is 11.2. The van der Waals surface area contributed by atoms with Gasteiger partial charge in [0.25, 0.3) is 0 Å². The molecule has 1 aromatic carbocycles. The Labute approximate surface area is 116 Å². The van der Waals surface area contributed by atoms with Crippen LogP contribution >= 0.6 is 11.3 Å². The first-order valence-corrected chi connectivity index (χ1v) is 6.70. The Morgan fingerprint density at radius 1 is 1.42 bits per heavy atom. The van der Waals surface area contributed by atoms with E-state index in [0.717, 1.165) is 16.4 Å². The Kier molecular flexibility index (Phi) is 4.74. The number of rotatable bonds is 4. The summed E-state index contributed by atoms with van der Waals surface area (Å²) >= 11 is 1.53. The first kappa shape index (κ1) is 13.4. The minimum atomic E-state index is 0.634. The summed E-state index contributed by atoms with van der Waals surface area (Å²) in [6, 6.07) is 7.89. The van der Waals surface area contributed by atoms with E-state index in [4.69, 9.17) is 4.74 Å². The van der Waals surface area contributed by atoms with Crippen molar-refractivity contribution in [2.75, 3.05) is 19.5 Å². The van der Waals surface area contributed by atoms with Crippen molar-refractivity contribution >= 4 is 22.4 Å². The van der Waals surface area contributed by atoms with Crippen LogP contribution in [0.15, 0.2) is 40.8 Å². The van der Waals surface area contributed by atoms with Crippen molar-refractivity contribution in [2.45, 2.75) is 6.54 Å². The average molecular weight is 276 g/mol. The van der Waals surface area contributed by atoms with E-state index < -0.39 is 0 Å². The lowest BCUT2D eigenvalue weighted by Crippen LogP contribution is -2.30. The molecule has 1 heterocycles. The van der Waals surface area contributed by atoms with E-state index >= 15 is 0 Å². The van der Waals surface area contributed by atoms with E-state index in [2.05, 4.69) is 20.6 Å². The molecule has 0 unspecified atom stereocenters. The number of methoxy groups -OCH3 is 1. The van der Waals surface area contributed by atoms with Crippen LogP contribution in [0.4, 0.5) is 5.13 Å². The fourth-order valence-electron chi connectivity index (χ4n) is 1.59. The monoisotopic (exact) mass is 276 g/mol. The van der Waals surface area contributed by atoms with Crippen molar-refractivity contribution < 1.29 is 4.74 Å². The minimum absolute atomic E-state index is 0.634. The third-order valence-electron chi connectivity index (χ3n) is 2.52. The van der Waals surface area contributed by atoms with Crippen molar-refractivity contribution in [2.24, 2.45) is 4.99 Å². The number of hydrogen-bond acceptors (Lipinski definition) is 4. The Morgan fingerprint density at radius 2 is 2.26 bits per heavy atom. The number of guanidine groups is 1. The van der Waals surface area contributed by atoms with Crippen LogP contribution in [0.25, 0.3) is 0 Å². The summed E-state index contributed by atoms with van der Waals surface area (Å²) < 4.78 is 5.31. The van der Waals surface area contributed by atoms with E-state index in [0.29, 0.717) is 12.5 Å². The molecule has 0 radical (unpaired) electrons. The SMILES string of the molecule is CN=C(NCc1ccccc1OC)Nc1nccs1. The van der Waals surface area contributed by atoms with Crippen LogP contribution in [-0.4, -0.2) is 25.1 Å².